The van der Waals surface area contributed by atoms with Gasteiger partial charge in [0.15, 0.2) is 0 Å². The largest absolute Gasteiger partial charge is 0.424 e. The van der Waals surface area contributed by atoms with E-state index in [9.17, 15) is 0 Å². The second-order valence-electron chi connectivity index (χ2n) is 0.436. The van der Waals surface area contributed by atoms with Gasteiger partial charge in [0, 0.05) is 0 Å². The van der Waals surface area contributed by atoms with E-state index in [0.29, 0.717) is 0 Å². The molecule has 0 unspecified atom stereocenters. The Balaban J connectivity index is -0.000000180. The van der Waals surface area contributed by atoms with Crippen molar-refractivity contribution < 1.29 is 44.0 Å². The van der Waals surface area contributed by atoms with Gasteiger partial charge < -0.3 is 18.6 Å². The third-order valence-corrected chi connectivity index (χ3v) is 0.857. The first-order valence-electron chi connectivity index (χ1n) is 0.926. The van der Waals surface area contributed by atoms with Gasteiger partial charge >= 0.3 is 106 Å². The van der Waals surface area contributed by atoms with Gasteiger partial charge in [0.2, 0.25) is 0 Å². The summed E-state index contributed by atoms with van der Waals surface area (Å²) in [5.41, 5.74) is 0. The molecule has 48 valence electrons. The predicted molar refractivity (Wildman–Crippen MR) is 15.4 cm³/mol. The van der Waals surface area contributed by atoms with Crippen LogP contribution in [-0.4, -0.2) is 80.9 Å². The normalized spacial score (nSPS) is 8.67. The van der Waals surface area contributed by atoms with Gasteiger partial charge in [-0.3, -0.25) is 0 Å². The second kappa shape index (κ2) is 11.0. The van der Waals surface area contributed by atoms with E-state index in [2.05, 4.69) is 3.84 Å². The quantitative estimate of drug-likeness (QED) is 0.426. The smallest absolute Gasteiger partial charge is 0.311 e. The Hall–Kier alpha value is 3.02. The van der Waals surface area contributed by atoms with E-state index in [1.165, 1.54) is 0 Å². The summed E-state index contributed by atoms with van der Waals surface area (Å²) < 4.78 is 39.6. The van der Waals surface area contributed by atoms with Gasteiger partial charge in [-0.05, 0) is 0 Å². The van der Waals surface area contributed by atoms with Gasteiger partial charge in [-0.25, -0.2) is 0 Å². The monoisotopic (exact) mass is 214 g/mol. The molecule has 0 saturated carbocycles. The third kappa shape index (κ3) is 18.2. The molecule has 0 fully saturated rings. The van der Waals surface area contributed by atoms with Crippen molar-refractivity contribution in [2.75, 3.05) is 0 Å². The molecule has 0 radical (unpaired) electrons. The molecule has 0 aliphatic carbocycles. The van der Waals surface area contributed by atoms with Crippen molar-refractivity contribution in [3.8, 4) is 0 Å². The SMILES string of the molecule is [KH].[NaH].[O-][Cl+2]([O-])O[Cl+2]([O-])[O-]. The average Bonchev–Trinajstić information content (AvgIpc) is 1.27. The van der Waals surface area contributed by atoms with E-state index in [1.807, 2.05) is 0 Å². The van der Waals surface area contributed by atoms with Crippen LogP contribution in [0, 0.1) is 21.6 Å². The maximum Gasteiger partial charge on any atom is 0.424 e. The first-order chi connectivity index (χ1) is 3.13. The van der Waals surface area contributed by atoms with Crippen LogP contribution in [0.25, 0.3) is 0 Å². The average molecular weight is 215 g/mol. The van der Waals surface area contributed by atoms with Crippen LogP contribution >= 0.6 is 0 Å². The maximum absolute atomic E-state index is 9.15. The molecule has 0 saturated heterocycles. The van der Waals surface area contributed by atoms with Crippen LogP contribution in [0.5, 0.6) is 0 Å². The Morgan fingerprint density at radius 2 is 1.11 bits per heavy atom. The molecule has 0 aliphatic rings. The number of hydrogen-bond acceptors (Lipinski definition) is 5. The molecule has 5 nitrogen and oxygen atoms in total. The van der Waals surface area contributed by atoms with Crippen LogP contribution < -0.4 is 18.6 Å². The molecule has 0 heterocycles. The fourth-order valence-corrected chi connectivity index (χ4v) is 0.350. The first kappa shape index (κ1) is 17.9. The van der Waals surface area contributed by atoms with E-state index in [-0.39, 0.29) is 80.9 Å². The number of rotatable bonds is 2. The van der Waals surface area contributed by atoms with Crippen LogP contribution in [0.15, 0.2) is 0 Å². The summed E-state index contributed by atoms with van der Waals surface area (Å²) in [7, 11) is -5.36. The standard InChI is InChI=1S/Cl2O5.K.Na.2H/c3-1(4)7-2(5)6;;;;. The number of halogens is 2. The van der Waals surface area contributed by atoms with Crippen LogP contribution in [0.4, 0.5) is 0 Å². The predicted octanol–water partition coefficient (Wildman–Crippen LogP) is -6.12. The van der Waals surface area contributed by atoms with Gasteiger partial charge in [0.05, 0.1) is 0 Å². The van der Waals surface area contributed by atoms with Crippen molar-refractivity contribution in [2.45, 2.75) is 0 Å². The molecule has 0 amide bonds. The van der Waals surface area contributed by atoms with E-state index in [4.69, 9.17) is 18.6 Å². The summed E-state index contributed by atoms with van der Waals surface area (Å²) in [5.74, 6) is 0. The Morgan fingerprint density at radius 3 is 1.11 bits per heavy atom. The summed E-state index contributed by atoms with van der Waals surface area (Å²) in [6.07, 6.45) is 0. The van der Waals surface area contributed by atoms with Gasteiger partial charge in [0.1, 0.15) is 0 Å². The van der Waals surface area contributed by atoms with E-state index in [0.717, 1.165) is 0 Å². The topological polar surface area (TPSA) is 101 Å². The van der Waals surface area contributed by atoms with Crippen molar-refractivity contribution in [2.24, 2.45) is 0 Å². The minimum absolute atomic E-state index is 0. The Bertz CT molecular complexity index is 44.2. The fraction of sp³-hybridized carbons (Fsp3) is 0. The van der Waals surface area contributed by atoms with Gasteiger partial charge in [-0.2, -0.15) is 0 Å². The van der Waals surface area contributed by atoms with Gasteiger partial charge in [-0.15, -0.1) is 0 Å². The van der Waals surface area contributed by atoms with E-state index >= 15 is 0 Å². The van der Waals surface area contributed by atoms with Gasteiger partial charge in [0.25, 0.3) is 0 Å². The van der Waals surface area contributed by atoms with Crippen molar-refractivity contribution in [1.29, 1.82) is 0 Å². The zero-order valence-corrected chi connectivity index (χ0v) is 4.31. The molecule has 0 bridgehead atoms. The zero-order valence-electron chi connectivity index (χ0n) is 2.80. The summed E-state index contributed by atoms with van der Waals surface area (Å²) in [5, 5.41) is 0. The molecular formula is H2Cl2KNaO5. The van der Waals surface area contributed by atoms with Crippen LogP contribution in [0.2, 0.25) is 0 Å². The van der Waals surface area contributed by atoms with Crippen LogP contribution in [0.1, 0.15) is 0 Å². The third-order valence-electron chi connectivity index (χ3n) is 0.0952. The first-order valence-corrected chi connectivity index (χ1v) is 2.78. The Kier molecular flexibility index (Phi) is 22.0. The van der Waals surface area contributed by atoms with Crippen molar-refractivity contribution >= 4 is 80.9 Å². The molecule has 0 aliphatic heterocycles. The minimum Gasteiger partial charge on any atom is -0.311 e. The van der Waals surface area contributed by atoms with Gasteiger partial charge in [-0.1, -0.05) is 0 Å². The summed E-state index contributed by atoms with van der Waals surface area (Å²) in [6.45, 7) is 0. The van der Waals surface area contributed by atoms with E-state index < -0.39 is 21.6 Å². The number of hydrogen-bond donors (Lipinski definition) is 0. The molecule has 0 rings (SSSR count). The molecule has 0 aromatic carbocycles. The molecule has 0 spiro atoms. The zero-order chi connectivity index (χ0) is 5.86. The Morgan fingerprint density at radius 1 is 0.889 bits per heavy atom. The molecule has 0 N–H and O–H groups in total. The minimum atomic E-state index is -2.68. The molecule has 0 aromatic heterocycles. The molecule has 0 aromatic rings. The molecule has 9 heteroatoms. The summed E-state index contributed by atoms with van der Waals surface area (Å²) in [6, 6.07) is 0. The van der Waals surface area contributed by atoms with Crippen molar-refractivity contribution in [3.63, 3.8) is 0 Å². The second-order valence-corrected chi connectivity index (χ2v) is 1.66. The van der Waals surface area contributed by atoms with Crippen molar-refractivity contribution in [1.82, 2.24) is 0 Å². The Labute approximate surface area is 122 Å². The van der Waals surface area contributed by atoms with Crippen LogP contribution in [-0.2, 0) is 3.84 Å². The maximum atomic E-state index is 9.15. The van der Waals surface area contributed by atoms with Crippen LogP contribution in [0.3, 0.4) is 0 Å². The molecule has 0 atom stereocenters. The summed E-state index contributed by atoms with van der Waals surface area (Å²) >= 11 is 0. The van der Waals surface area contributed by atoms with E-state index in [1.54, 1.807) is 0 Å². The summed E-state index contributed by atoms with van der Waals surface area (Å²) in [4.78, 5) is 0. The fourth-order valence-electron chi connectivity index (χ4n) is 0.0389. The molecule has 9 heavy (non-hydrogen) atoms. The molecular weight excluding hydrogens is 213 g/mol. The van der Waals surface area contributed by atoms with Crippen molar-refractivity contribution in [3.05, 3.63) is 0 Å².